The van der Waals surface area contributed by atoms with Crippen molar-refractivity contribution < 1.29 is 13.9 Å². The number of halogens is 2. The van der Waals surface area contributed by atoms with Crippen LogP contribution in [0.3, 0.4) is 0 Å². The number of aryl methyl sites for hydroxylation is 1. The van der Waals surface area contributed by atoms with Gasteiger partial charge in [-0.2, -0.15) is 0 Å². The number of nitrogens with two attached hydrogens (primary N) is 3. The first kappa shape index (κ1) is 29.8. The SMILES string of the molecule is CC(N)CCCc1cc(Cl)c(F)c(C2=CC3=CN(c4ccc(C5COCC(CCN=C(N)N)N5)cc4)C(=O)NC3N2)c1. The third-order valence-corrected chi connectivity index (χ3v) is 7.87. The van der Waals surface area contributed by atoms with Gasteiger partial charge in [0.25, 0.3) is 0 Å². The van der Waals surface area contributed by atoms with Crippen molar-refractivity contribution in [2.45, 2.75) is 56.9 Å². The number of nitrogens with one attached hydrogen (secondary N) is 3. The topological polar surface area (TPSA) is 156 Å². The van der Waals surface area contributed by atoms with Gasteiger partial charge in [0.2, 0.25) is 0 Å². The lowest BCUT2D eigenvalue weighted by Crippen LogP contribution is -2.51. The number of hydrogen-bond donors (Lipinski definition) is 6. The summed E-state index contributed by atoms with van der Waals surface area (Å²) in [7, 11) is 0. The number of rotatable bonds is 10. The summed E-state index contributed by atoms with van der Waals surface area (Å²) in [6, 6.07) is 11.2. The Balaban J connectivity index is 1.29. The van der Waals surface area contributed by atoms with Gasteiger partial charge >= 0.3 is 6.03 Å². The van der Waals surface area contributed by atoms with Crippen molar-refractivity contribution in [2.75, 3.05) is 24.7 Å². The Kier molecular flexibility index (Phi) is 9.32. The van der Waals surface area contributed by atoms with E-state index in [-0.39, 0.29) is 35.1 Å². The molecule has 10 nitrogen and oxygen atoms in total. The average molecular weight is 597 g/mol. The lowest BCUT2D eigenvalue weighted by molar-refractivity contribution is 0.0434. The number of guanidine groups is 1. The summed E-state index contributed by atoms with van der Waals surface area (Å²) in [5.41, 5.74) is 21.1. The predicted octanol–water partition coefficient (Wildman–Crippen LogP) is 3.23. The van der Waals surface area contributed by atoms with Crippen molar-refractivity contribution >= 4 is 35.0 Å². The minimum Gasteiger partial charge on any atom is -0.378 e. The second-order valence-corrected chi connectivity index (χ2v) is 11.4. The molecule has 5 rings (SSSR count). The molecule has 0 spiro atoms. The van der Waals surface area contributed by atoms with E-state index in [4.69, 9.17) is 33.5 Å². The van der Waals surface area contributed by atoms with Crippen molar-refractivity contribution in [3.8, 4) is 0 Å². The van der Waals surface area contributed by atoms with Crippen LogP contribution in [0.1, 0.15) is 48.9 Å². The lowest BCUT2D eigenvalue weighted by Gasteiger charge is -2.32. The molecule has 0 bridgehead atoms. The maximum absolute atomic E-state index is 15.1. The fourth-order valence-corrected chi connectivity index (χ4v) is 5.65. The van der Waals surface area contributed by atoms with Crippen LogP contribution >= 0.6 is 11.6 Å². The molecule has 1 saturated heterocycles. The zero-order valence-electron chi connectivity index (χ0n) is 23.6. The van der Waals surface area contributed by atoms with Crippen molar-refractivity contribution in [1.82, 2.24) is 16.0 Å². The van der Waals surface area contributed by atoms with Gasteiger partial charge in [0.15, 0.2) is 11.8 Å². The molecule has 9 N–H and O–H groups in total. The van der Waals surface area contributed by atoms with Gasteiger partial charge in [0, 0.05) is 41.7 Å². The van der Waals surface area contributed by atoms with E-state index in [1.165, 1.54) is 0 Å². The maximum atomic E-state index is 15.1. The molecule has 2 amide bonds. The summed E-state index contributed by atoms with van der Waals surface area (Å²) < 4.78 is 20.9. The van der Waals surface area contributed by atoms with Crippen LogP contribution in [0, 0.1) is 5.82 Å². The molecule has 2 aromatic carbocycles. The van der Waals surface area contributed by atoms with E-state index in [1.54, 1.807) is 17.2 Å². The number of fused-ring (bicyclic) bond motifs is 1. The summed E-state index contributed by atoms with van der Waals surface area (Å²) in [4.78, 5) is 18.6. The van der Waals surface area contributed by atoms with Crippen molar-refractivity contribution in [1.29, 1.82) is 0 Å². The van der Waals surface area contributed by atoms with E-state index in [2.05, 4.69) is 20.9 Å². The number of morpholine rings is 1. The molecule has 2 aromatic rings. The first-order valence-electron chi connectivity index (χ1n) is 14.2. The van der Waals surface area contributed by atoms with Crippen LogP contribution < -0.4 is 38.1 Å². The summed E-state index contributed by atoms with van der Waals surface area (Å²) in [5, 5.41) is 9.84. The minimum absolute atomic E-state index is 0.00985. The Hall–Kier alpha value is -3.64. The molecule has 1 fully saturated rings. The summed E-state index contributed by atoms with van der Waals surface area (Å²) in [6.45, 7) is 3.63. The highest BCUT2D eigenvalue weighted by Crippen LogP contribution is 2.33. The number of ether oxygens (including phenoxy) is 1. The fraction of sp³-hybridized carbons (Fsp3) is 0.400. The van der Waals surface area contributed by atoms with Crippen LogP contribution in [0.5, 0.6) is 0 Å². The van der Waals surface area contributed by atoms with Crippen molar-refractivity contribution in [3.63, 3.8) is 0 Å². The van der Waals surface area contributed by atoms with Gasteiger partial charge < -0.3 is 37.9 Å². The predicted molar refractivity (Wildman–Crippen MR) is 164 cm³/mol. The van der Waals surface area contributed by atoms with E-state index in [0.29, 0.717) is 36.7 Å². The molecule has 0 aliphatic carbocycles. The summed E-state index contributed by atoms with van der Waals surface area (Å²) >= 11 is 6.25. The highest BCUT2D eigenvalue weighted by molar-refractivity contribution is 6.31. The zero-order valence-corrected chi connectivity index (χ0v) is 24.3. The van der Waals surface area contributed by atoms with Gasteiger partial charge in [0.1, 0.15) is 6.17 Å². The molecule has 3 aliphatic rings. The number of amides is 2. The van der Waals surface area contributed by atoms with Gasteiger partial charge in [-0.1, -0.05) is 23.7 Å². The third-order valence-electron chi connectivity index (χ3n) is 7.60. The smallest absolute Gasteiger partial charge is 0.327 e. The van der Waals surface area contributed by atoms with E-state index in [9.17, 15) is 4.79 Å². The van der Waals surface area contributed by atoms with Crippen LogP contribution in [-0.4, -0.2) is 50.0 Å². The minimum atomic E-state index is -0.497. The van der Waals surface area contributed by atoms with E-state index < -0.39 is 12.0 Å². The molecular weight excluding hydrogens is 559 g/mol. The van der Waals surface area contributed by atoms with Crippen LogP contribution in [0.2, 0.25) is 5.02 Å². The lowest BCUT2D eigenvalue weighted by atomic mass is 10.0. The highest BCUT2D eigenvalue weighted by Gasteiger charge is 2.32. The molecule has 0 aromatic heterocycles. The number of nitrogens with zero attached hydrogens (tertiary/aromatic N) is 2. The number of anilines is 1. The van der Waals surface area contributed by atoms with Crippen LogP contribution in [-0.2, 0) is 11.2 Å². The second kappa shape index (κ2) is 13.1. The Morgan fingerprint density at radius 1 is 1.21 bits per heavy atom. The average Bonchev–Trinajstić information content (AvgIpc) is 3.37. The quantitative estimate of drug-likeness (QED) is 0.182. The first-order valence-corrected chi connectivity index (χ1v) is 14.6. The molecule has 0 radical (unpaired) electrons. The molecule has 4 unspecified atom stereocenters. The maximum Gasteiger partial charge on any atom is 0.327 e. The number of hydrogen-bond acceptors (Lipinski definition) is 6. The van der Waals surface area contributed by atoms with Crippen molar-refractivity contribution in [3.05, 3.63) is 81.8 Å². The Bertz CT molecular complexity index is 1390. The standard InChI is InChI=1S/C30H38ClFN8O2/c1-17(33)3-2-4-18-11-23(27(32)24(31)12-18)25-13-20-14-40(30(41)39-28(20)38-25)22-7-5-19(6-8-22)26-16-42-15-21(37-26)9-10-36-29(34)35/h5-8,11-14,17,21,26,28,37-38H,2-4,9-10,15-16,33H2,1H3,(H,39,41)(H4,34,35,36). The molecule has 3 aliphatic heterocycles. The molecular formula is C30H38ClFN8O2. The Labute approximate surface area is 250 Å². The van der Waals surface area contributed by atoms with Crippen molar-refractivity contribution in [2.24, 2.45) is 22.2 Å². The monoisotopic (exact) mass is 596 g/mol. The van der Waals surface area contributed by atoms with Gasteiger partial charge in [0.05, 0.1) is 30.0 Å². The molecule has 12 heteroatoms. The van der Waals surface area contributed by atoms with Gasteiger partial charge in [-0.15, -0.1) is 0 Å². The Morgan fingerprint density at radius 3 is 2.74 bits per heavy atom. The number of aliphatic imine (C=N–C) groups is 1. The number of carbonyl (C=O) groups excluding carboxylic acids is 1. The van der Waals surface area contributed by atoms with Gasteiger partial charge in [-0.05, 0) is 74.1 Å². The third kappa shape index (κ3) is 7.04. The van der Waals surface area contributed by atoms with Gasteiger partial charge in [-0.25, -0.2) is 9.18 Å². The van der Waals surface area contributed by atoms with Crippen LogP contribution in [0.25, 0.3) is 5.70 Å². The van der Waals surface area contributed by atoms with E-state index >= 15 is 4.39 Å². The highest BCUT2D eigenvalue weighted by atomic mass is 35.5. The first-order chi connectivity index (χ1) is 20.2. The van der Waals surface area contributed by atoms with Crippen LogP contribution in [0.4, 0.5) is 14.9 Å². The molecule has 3 heterocycles. The number of carbonyl (C=O) groups is 1. The molecule has 4 atom stereocenters. The van der Waals surface area contributed by atoms with E-state index in [1.807, 2.05) is 43.3 Å². The van der Waals surface area contributed by atoms with E-state index in [0.717, 1.165) is 42.4 Å². The summed E-state index contributed by atoms with van der Waals surface area (Å²) in [5.74, 6) is -0.417. The fourth-order valence-electron chi connectivity index (χ4n) is 5.41. The molecule has 42 heavy (non-hydrogen) atoms. The largest absolute Gasteiger partial charge is 0.378 e. The number of benzene rings is 2. The van der Waals surface area contributed by atoms with Gasteiger partial charge in [-0.3, -0.25) is 9.89 Å². The van der Waals surface area contributed by atoms with Crippen LogP contribution in [0.15, 0.2) is 59.2 Å². The summed E-state index contributed by atoms with van der Waals surface area (Å²) in [6.07, 6.45) is 6.40. The second-order valence-electron chi connectivity index (χ2n) is 11.0. The normalized spacial score (nSPS) is 22.4. The number of urea groups is 1. The Morgan fingerprint density at radius 2 is 2.00 bits per heavy atom. The molecule has 0 saturated carbocycles. The zero-order chi connectivity index (χ0) is 29.8. The molecule has 224 valence electrons.